The van der Waals surface area contributed by atoms with Crippen LogP contribution in [0.15, 0.2) is 0 Å². The molecule has 28 heavy (non-hydrogen) atoms. The summed E-state index contributed by atoms with van der Waals surface area (Å²) in [7, 11) is 0. The zero-order chi connectivity index (χ0) is 19.7. The summed E-state index contributed by atoms with van der Waals surface area (Å²) in [6.07, 6.45) is 8.43. The lowest BCUT2D eigenvalue weighted by molar-refractivity contribution is -0.133. The minimum atomic E-state index is -0.0387. The van der Waals surface area contributed by atoms with Crippen molar-refractivity contribution in [3.63, 3.8) is 0 Å². The molecule has 2 amide bonds. The van der Waals surface area contributed by atoms with E-state index in [1.807, 2.05) is 18.7 Å². The fourth-order valence-corrected chi connectivity index (χ4v) is 5.84. The summed E-state index contributed by atoms with van der Waals surface area (Å²) < 4.78 is 6.20. The molecule has 6 heteroatoms. The molecule has 2 aliphatic carbocycles. The van der Waals surface area contributed by atoms with Crippen LogP contribution in [0.5, 0.6) is 0 Å². The third-order valence-electron chi connectivity index (χ3n) is 7.45. The first-order valence-corrected chi connectivity index (χ1v) is 11.5. The molecule has 2 aliphatic heterocycles. The second-order valence-electron chi connectivity index (χ2n) is 9.23. The van der Waals surface area contributed by atoms with Crippen molar-refractivity contribution in [2.24, 2.45) is 11.8 Å². The average Bonchev–Trinajstić information content (AvgIpc) is 3.09. The number of carbonyl (C=O) groups is 2. The van der Waals surface area contributed by atoms with Crippen LogP contribution in [0.4, 0.5) is 0 Å². The van der Waals surface area contributed by atoms with E-state index in [2.05, 4.69) is 10.2 Å². The van der Waals surface area contributed by atoms with E-state index in [1.165, 1.54) is 25.7 Å². The van der Waals surface area contributed by atoms with Gasteiger partial charge in [-0.25, -0.2) is 0 Å². The molecule has 0 radical (unpaired) electrons. The van der Waals surface area contributed by atoms with Crippen molar-refractivity contribution < 1.29 is 14.3 Å². The van der Waals surface area contributed by atoms with E-state index in [4.69, 9.17) is 4.74 Å². The lowest BCUT2D eigenvalue weighted by Crippen LogP contribution is -2.40. The van der Waals surface area contributed by atoms with E-state index in [9.17, 15) is 9.59 Å². The van der Waals surface area contributed by atoms with Crippen LogP contribution in [0.2, 0.25) is 0 Å². The predicted octanol–water partition coefficient (Wildman–Crippen LogP) is 2.17. The highest BCUT2D eigenvalue weighted by molar-refractivity contribution is 5.77. The molecular formula is C22H37N3O3. The normalized spacial score (nSPS) is 33.2. The maximum Gasteiger partial charge on any atom is 0.225 e. The summed E-state index contributed by atoms with van der Waals surface area (Å²) in [5, 5.41) is 3.16. The van der Waals surface area contributed by atoms with Gasteiger partial charge in [-0.1, -0.05) is 12.8 Å². The minimum absolute atomic E-state index is 0.0387. The summed E-state index contributed by atoms with van der Waals surface area (Å²) in [5.41, 5.74) is 0. The van der Waals surface area contributed by atoms with Crippen LogP contribution in [0.25, 0.3) is 0 Å². The molecule has 4 fully saturated rings. The smallest absolute Gasteiger partial charge is 0.225 e. The van der Waals surface area contributed by atoms with Gasteiger partial charge in [0.05, 0.1) is 19.1 Å². The van der Waals surface area contributed by atoms with Crippen molar-refractivity contribution in [1.82, 2.24) is 15.1 Å². The van der Waals surface area contributed by atoms with Gasteiger partial charge in [0.25, 0.3) is 0 Å². The quantitative estimate of drug-likeness (QED) is 0.689. The Kier molecular flexibility index (Phi) is 6.26. The Morgan fingerprint density at radius 3 is 2.43 bits per heavy atom. The van der Waals surface area contributed by atoms with Crippen molar-refractivity contribution in [1.29, 1.82) is 0 Å². The van der Waals surface area contributed by atoms with Crippen LogP contribution < -0.4 is 5.32 Å². The highest BCUT2D eigenvalue weighted by Gasteiger charge is 2.53. The minimum Gasteiger partial charge on any atom is -0.376 e. The van der Waals surface area contributed by atoms with Crippen LogP contribution in [0, 0.1) is 11.8 Å². The van der Waals surface area contributed by atoms with E-state index in [-0.39, 0.29) is 17.9 Å². The monoisotopic (exact) mass is 391 g/mol. The number of carbonyl (C=O) groups excluding carboxylic acids is 2. The van der Waals surface area contributed by atoms with Crippen LogP contribution in [-0.2, 0) is 14.3 Å². The number of nitrogens with zero attached hydrogens (tertiary/aromatic N) is 2. The van der Waals surface area contributed by atoms with Crippen LogP contribution in [0.3, 0.4) is 0 Å². The van der Waals surface area contributed by atoms with Crippen molar-refractivity contribution in [2.75, 3.05) is 26.2 Å². The summed E-state index contributed by atoms with van der Waals surface area (Å²) in [6, 6.07) is 1.44. The van der Waals surface area contributed by atoms with Gasteiger partial charge in [0.2, 0.25) is 11.8 Å². The van der Waals surface area contributed by atoms with Gasteiger partial charge in [0.1, 0.15) is 0 Å². The van der Waals surface area contributed by atoms with Crippen molar-refractivity contribution in [3.8, 4) is 0 Å². The second kappa shape index (κ2) is 8.70. The van der Waals surface area contributed by atoms with Gasteiger partial charge in [0, 0.05) is 50.1 Å². The van der Waals surface area contributed by atoms with Gasteiger partial charge in [-0.05, 0) is 45.4 Å². The first-order chi connectivity index (χ1) is 13.6. The number of nitrogens with one attached hydrogen (secondary N) is 1. The molecule has 4 aliphatic rings. The number of ether oxygens (including phenoxy) is 1. The van der Waals surface area contributed by atoms with Gasteiger partial charge in [0.15, 0.2) is 0 Å². The number of amides is 2. The van der Waals surface area contributed by atoms with E-state index < -0.39 is 0 Å². The highest BCUT2D eigenvalue weighted by atomic mass is 16.5. The van der Waals surface area contributed by atoms with Crippen molar-refractivity contribution in [2.45, 2.75) is 89.4 Å². The Balaban J connectivity index is 1.45. The first kappa shape index (κ1) is 20.1. The van der Waals surface area contributed by atoms with Gasteiger partial charge < -0.3 is 15.0 Å². The zero-order valence-corrected chi connectivity index (χ0v) is 17.6. The Labute approximate surface area is 169 Å². The number of rotatable bonds is 8. The lowest BCUT2D eigenvalue weighted by Gasteiger charge is -2.29. The topological polar surface area (TPSA) is 61.9 Å². The Morgan fingerprint density at radius 2 is 1.79 bits per heavy atom. The molecular weight excluding hydrogens is 354 g/mol. The van der Waals surface area contributed by atoms with E-state index in [1.54, 1.807) is 0 Å². The van der Waals surface area contributed by atoms with Crippen LogP contribution >= 0.6 is 0 Å². The third kappa shape index (κ3) is 4.23. The van der Waals surface area contributed by atoms with E-state index in [0.717, 1.165) is 39.1 Å². The molecule has 4 atom stereocenters. The Hall–Kier alpha value is -1.14. The average molecular weight is 392 g/mol. The summed E-state index contributed by atoms with van der Waals surface area (Å²) >= 11 is 0. The van der Waals surface area contributed by atoms with E-state index in [0.29, 0.717) is 42.8 Å². The molecule has 0 bridgehead atoms. The molecule has 1 N–H and O–H groups in total. The standard InChI is InChI=1S/C22H37N3O3/c1-3-24(4-2)21(27)12-19-22-15(11-20(26)23-16-9-10-16)13-25(18(22)14-28-19)17-7-5-6-8-17/h15-19,22H,3-14H2,1-2H3,(H,23,26)/t15-,18-,19+,22-/m1/s1. The largest absolute Gasteiger partial charge is 0.376 e. The van der Waals surface area contributed by atoms with Crippen LogP contribution in [-0.4, -0.2) is 72.1 Å². The molecule has 2 heterocycles. The summed E-state index contributed by atoms with van der Waals surface area (Å²) in [4.78, 5) is 29.8. The molecule has 4 rings (SSSR count). The number of hydrogen-bond donors (Lipinski definition) is 1. The van der Waals surface area contributed by atoms with Crippen LogP contribution in [0.1, 0.15) is 65.2 Å². The SMILES string of the molecule is CCN(CC)C(=O)C[C@@H]1OC[C@@H]2[C@H]1[C@H](CC(=O)NC1CC1)CN2C1CCCC1. The second-order valence-corrected chi connectivity index (χ2v) is 9.23. The summed E-state index contributed by atoms with van der Waals surface area (Å²) in [5.74, 6) is 1.00. The molecule has 0 aromatic heterocycles. The zero-order valence-electron chi connectivity index (χ0n) is 17.6. The van der Waals surface area contributed by atoms with Gasteiger partial charge in [-0.3, -0.25) is 14.5 Å². The predicted molar refractivity (Wildman–Crippen MR) is 108 cm³/mol. The third-order valence-corrected chi connectivity index (χ3v) is 7.45. The molecule has 0 aromatic rings. The molecule has 0 unspecified atom stereocenters. The molecule has 0 spiro atoms. The Bertz CT molecular complexity index is 569. The number of fused-ring (bicyclic) bond motifs is 1. The van der Waals surface area contributed by atoms with Gasteiger partial charge >= 0.3 is 0 Å². The highest BCUT2D eigenvalue weighted by Crippen LogP contribution is 2.44. The molecule has 6 nitrogen and oxygen atoms in total. The number of hydrogen-bond acceptors (Lipinski definition) is 4. The molecule has 2 saturated carbocycles. The van der Waals surface area contributed by atoms with Crippen molar-refractivity contribution in [3.05, 3.63) is 0 Å². The lowest BCUT2D eigenvalue weighted by atomic mass is 9.84. The molecule has 0 aromatic carbocycles. The fraction of sp³-hybridized carbons (Fsp3) is 0.909. The maximum absolute atomic E-state index is 12.7. The molecule has 2 saturated heterocycles. The molecule has 158 valence electrons. The number of likely N-dealkylation sites (tertiary alicyclic amines) is 1. The van der Waals surface area contributed by atoms with E-state index >= 15 is 0 Å². The fourth-order valence-electron chi connectivity index (χ4n) is 5.84. The van der Waals surface area contributed by atoms with Crippen molar-refractivity contribution >= 4 is 11.8 Å². The van der Waals surface area contributed by atoms with Gasteiger partial charge in [-0.2, -0.15) is 0 Å². The maximum atomic E-state index is 12.7. The Morgan fingerprint density at radius 1 is 1.07 bits per heavy atom. The first-order valence-electron chi connectivity index (χ1n) is 11.5. The summed E-state index contributed by atoms with van der Waals surface area (Å²) in [6.45, 7) is 7.27. The van der Waals surface area contributed by atoms with Gasteiger partial charge in [-0.15, -0.1) is 0 Å².